The third-order valence-electron chi connectivity index (χ3n) is 3.15. The Morgan fingerprint density at radius 2 is 2.16 bits per heavy atom. The lowest BCUT2D eigenvalue weighted by Crippen LogP contribution is -2.48. The summed E-state index contributed by atoms with van der Waals surface area (Å²) in [5.74, 6) is 0.673. The van der Waals surface area contributed by atoms with Gasteiger partial charge in [-0.25, -0.2) is 4.98 Å². The number of esters is 1. The summed E-state index contributed by atoms with van der Waals surface area (Å²) in [6.07, 6.45) is 1.75. The molecule has 0 saturated carbocycles. The number of aromatic nitrogens is 1. The molecule has 19 heavy (non-hydrogen) atoms. The van der Waals surface area contributed by atoms with Gasteiger partial charge in [0.15, 0.2) is 5.82 Å². The van der Waals surface area contributed by atoms with Gasteiger partial charge in [-0.05, 0) is 19.1 Å². The maximum Gasteiger partial charge on any atom is 0.320 e. The number of rotatable bonds is 4. The van der Waals surface area contributed by atoms with Gasteiger partial charge in [-0.15, -0.1) is 0 Å². The number of ether oxygens (including phenoxy) is 1. The molecule has 1 saturated heterocycles. The number of anilines is 2. The molecule has 1 aliphatic rings. The van der Waals surface area contributed by atoms with Crippen LogP contribution in [0.3, 0.4) is 0 Å². The van der Waals surface area contributed by atoms with Gasteiger partial charge in [0.25, 0.3) is 0 Å². The summed E-state index contributed by atoms with van der Waals surface area (Å²) in [5.41, 5.74) is 6.61. The zero-order valence-electron chi connectivity index (χ0n) is 11.2. The van der Waals surface area contributed by atoms with Crippen LogP contribution in [-0.2, 0) is 9.53 Å². The van der Waals surface area contributed by atoms with Crippen LogP contribution in [-0.4, -0.2) is 55.2 Å². The van der Waals surface area contributed by atoms with Crippen molar-refractivity contribution in [1.82, 2.24) is 9.88 Å². The molecule has 0 amide bonds. The molecule has 2 N–H and O–H groups in total. The molecule has 1 aromatic rings. The molecule has 6 heteroatoms. The summed E-state index contributed by atoms with van der Waals surface area (Å²) in [7, 11) is 0. The van der Waals surface area contributed by atoms with Gasteiger partial charge in [-0.1, -0.05) is 0 Å². The van der Waals surface area contributed by atoms with Gasteiger partial charge in [-0.2, -0.15) is 0 Å². The summed E-state index contributed by atoms with van der Waals surface area (Å²) in [5, 5.41) is 0. The van der Waals surface area contributed by atoms with Gasteiger partial charge in [0.1, 0.15) is 0 Å². The highest BCUT2D eigenvalue weighted by Crippen LogP contribution is 2.20. The lowest BCUT2D eigenvalue weighted by Gasteiger charge is -2.35. The molecule has 0 bridgehead atoms. The monoisotopic (exact) mass is 264 g/mol. The number of pyridine rings is 1. The zero-order chi connectivity index (χ0) is 13.7. The van der Waals surface area contributed by atoms with Crippen molar-refractivity contribution in [2.45, 2.75) is 6.92 Å². The molecular weight excluding hydrogens is 244 g/mol. The van der Waals surface area contributed by atoms with Crippen LogP contribution in [0.4, 0.5) is 11.5 Å². The average Bonchev–Trinajstić information content (AvgIpc) is 2.41. The molecule has 1 fully saturated rings. The van der Waals surface area contributed by atoms with E-state index >= 15 is 0 Å². The fourth-order valence-electron chi connectivity index (χ4n) is 2.18. The van der Waals surface area contributed by atoms with Crippen LogP contribution in [0.1, 0.15) is 6.92 Å². The Bertz CT molecular complexity index is 430. The first-order chi connectivity index (χ1) is 9.20. The van der Waals surface area contributed by atoms with Crippen LogP contribution in [0, 0.1) is 0 Å². The molecule has 0 radical (unpaired) electrons. The van der Waals surface area contributed by atoms with E-state index in [2.05, 4.69) is 14.8 Å². The predicted molar refractivity (Wildman–Crippen MR) is 73.9 cm³/mol. The average molecular weight is 264 g/mol. The van der Waals surface area contributed by atoms with E-state index in [9.17, 15) is 4.79 Å². The van der Waals surface area contributed by atoms with Crippen LogP contribution in [0.25, 0.3) is 0 Å². The second-order valence-corrected chi connectivity index (χ2v) is 4.48. The molecule has 1 aromatic heterocycles. The minimum atomic E-state index is -0.159. The molecule has 2 rings (SSSR count). The number of nitrogens with zero attached hydrogens (tertiary/aromatic N) is 3. The summed E-state index contributed by atoms with van der Waals surface area (Å²) < 4.78 is 4.95. The maximum atomic E-state index is 11.4. The lowest BCUT2D eigenvalue weighted by atomic mass is 10.3. The van der Waals surface area contributed by atoms with E-state index in [1.54, 1.807) is 6.20 Å². The van der Waals surface area contributed by atoms with Crippen molar-refractivity contribution in [2.24, 2.45) is 0 Å². The van der Waals surface area contributed by atoms with E-state index in [-0.39, 0.29) is 5.97 Å². The number of piperazine rings is 1. The van der Waals surface area contributed by atoms with E-state index in [0.29, 0.717) is 18.8 Å². The van der Waals surface area contributed by atoms with E-state index in [1.165, 1.54) is 0 Å². The molecule has 0 spiro atoms. The van der Waals surface area contributed by atoms with E-state index in [4.69, 9.17) is 10.5 Å². The van der Waals surface area contributed by atoms with Crippen molar-refractivity contribution in [1.29, 1.82) is 0 Å². The Balaban J connectivity index is 1.86. The smallest absolute Gasteiger partial charge is 0.320 e. The second kappa shape index (κ2) is 6.38. The SMILES string of the molecule is CCOC(=O)CN1CCN(c2ncccc2N)CC1. The van der Waals surface area contributed by atoms with Crippen LogP contribution < -0.4 is 10.6 Å². The van der Waals surface area contributed by atoms with Gasteiger partial charge in [0.2, 0.25) is 0 Å². The largest absolute Gasteiger partial charge is 0.465 e. The van der Waals surface area contributed by atoms with Crippen molar-refractivity contribution in [3.8, 4) is 0 Å². The topological polar surface area (TPSA) is 71.7 Å². The van der Waals surface area contributed by atoms with Crippen LogP contribution >= 0.6 is 0 Å². The summed E-state index contributed by atoms with van der Waals surface area (Å²) in [6, 6.07) is 3.68. The van der Waals surface area contributed by atoms with Crippen LogP contribution in [0.15, 0.2) is 18.3 Å². The molecule has 0 aliphatic carbocycles. The Morgan fingerprint density at radius 3 is 2.79 bits per heavy atom. The van der Waals surface area contributed by atoms with Gasteiger partial charge >= 0.3 is 5.97 Å². The van der Waals surface area contributed by atoms with Gasteiger partial charge < -0.3 is 15.4 Å². The van der Waals surface area contributed by atoms with Crippen molar-refractivity contribution in [2.75, 3.05) is 50.0 Å². The number of carbonyl (C=O) groups is 1. The Labute approximate surface area is 113 Å². The summed E-state index contributed by atoms with van der Waals surface area (Å²) in [4.78, 5) is 20.0. The molecule has 0 aromatic carbocycles. The number of carbonyl (C=O) groups excluding carboxylic acids is 1. The minimum Gasteiger partial charge on any atom is -0.465 e. The quantitative estimate of drug-likeness (QED) is 0.791. The third-order valence-corrected chi connectivity index (χ3v) is 3.15. The molecular formula is C13H20N4O2. The van der Waals surface area contributed by atoms with E-state index in [1.807, 2.05) is 19.1 Å². The Kier molecular flexibility index (Phi) is 4.57. The highest BCUT2D eigenvalue weighted by atomic mass is 16.5. The standard InChI is InChI=1S/C13H20N4O2/c1-2-19-12(18)10-16-6-8-17(9-7-16)13-11(14)4-3-5-15-13/h3-5H,2,6-10,14H2,1H3. The molecule has 6 nitrogen and oxygen atoms in total. The Morgan fingerprint density at radius 1 is 1.42 bits per heavy atom. The van der Waals surface area contributed by atoms with Crippen molar-refractivity contribution in [3.05, 3.63) is 18.3 Å². The molecule has 0 atom stereocenters. The molecule has 1 aliphatic heterocycles. The van der Waals surface area contributed by atoms with Gasteiger partial charge in [-0.3, -0.25) is 9.69 Å². The highest BCUT2D eigenvalue weighted by molar-refractivity contribution is 5.71. The number of hydrogen-bond donors (Lipinski definition) is 1. The highest BCUT2D eigenvalue weighted by Gasteiger charge is 2.21. The van der Waals surface area contributed by atoms with E-state index in [0.717, 1.165) is 32.0 Å². The summed E-state index contributed by atoms with van der Waals surface area (Å²) in [6.45, 7) is 5.88. The van der Waals surface area contributed by atoms with Gasteiger partial charge in [0, 0.05) is 32.4 Å². The fourth-order valence-corrected chi connectivity index (χ4v) is 2.18. The lowest BCUT2D eigenvalue weighted by molar-refractivity contribution is -0.144. The molecule has 2 heterocycles. The predicted octanol–water partition coefficient (Wildman–Crippen LogP) is 0.349. The summed E-state index contributed by atoms with van der Waals surface area (Å²) >= 11 is 0. The number of nitrogens with two attached hydrogens (primary N) is 1. The minimum absolute atomic E-state index is 0.159. The number of hydrogen-bond acceptors (Lipinski definition) is 6. The van der Waals surface area contributed by atoms with Crippen molar-refractivity contribution >= 4 is 17.5 Å². The first-order valence-corrected chi connectivity index (χ1v) is 6.54. The van der Waals surface area contributed by atoms with Crippen molar-refractivity contribution < 1.29 is 9.53 Å². The van der Waals surface area contributed by atoms with Gasteiger partial charge in [0.05, 0.1) is 18.8 Å². The number of nitrogen functional groups attached to an aromatic ring is 1. The Hall–Kier alpha value is -1.82. The van der Waals surface area contributed by atoms with E-state index < -0.39 is 0 Å². The van der Waals surface area contributed by atoms with Crippen molar-refractivity contribution in [3.63, 3.8) is 0 Å². The van der Waals surface area contributed by atoms with Crippen LogP contribution in [0.5, 0.6) is 0 Å². The maximum absolute atomic E-state index is 11.4. The first-order valence-electron chi connectivity index (χ1n) is 6.54. The zero-order valence-corrected chi connectivity index (χ0v) is 11.2. The fraction of sp³-hybridized carbons (Fsp3) is 0.538. The normalized spacial score (nSPS) is 16.4. The third kappa shape index (κ3) is 3.57. The molecule has 0 unspecified atom stereocenters. The first kappa shape index (κ1) is 13.6. The second-order valence-electron chi connectivity index (χ2n) is 4.48. The molecule has 104 valence electrons. The van der Waals surface area contributed by atoms with Crippen LogP contribution in [0.2, 0.25) is 0 Å².